The topological polar surface area (TPSA) is 67.3 Å². The Labute approximate surface area is 152 Å². The van der Waals surface area contributed by atoms with Gasteiger partial charge in [0.05, 0.1) is 12.8 Å². The van der Waals surface area contributed by atoms with Crippen LogP contribution in [0.5, 0.6) is 5.75 Å². The van der Waals surface area contributed by atoms with Crippen molar-refractivity contribution in [3.05, 3.63) is 41.0 Å². The van der Waals surface area contributed by atoms with Crippen molar-refractivity contribution in [1.29, 1.82) is 0 Å². The van der Waals surface area contributed by atoms with Crippen molar-refractivity contribution >= 4 is 29.0 Å². The third kappa shape index (κ3) is 4.20. The molecule has 2 aromatic rings. The van der Waals surface area contributed by atoms with Crippen molar-refractivity contribution in [1.82, 2.24) is 15.1 Å². The Balaban J connectivity index is 1.72. The molecule has 3 rings (SSSR count). The third-order valence-electron chi connectivity index (χ3n) is 4.25. The number of nitrogens with one attached hydrogen (secondary N) is 1. The summed E-state index contributed by atoms with van der Waals surface area (Å²) in [5.41, 5.74) is 1.05. The summed E-state index contributed by atoms with van der Waals surface area (Å²) in [6, 6.07) is 8.68. The number of carbonyl (C=O) groups excluding carboxylic acids is 1. The van der Waals surface area contributed by atoms with E-state index in [0.29, 0.717) is 33.9 Å². The highest BCUT2D eigenvalue weighted by atomic mass is 35.5. The first-order valence-corrected chi connectivity index (χ1v) is 8.68. The van der Waals surface area contributed by atoms with Crippen molar-refractivity contribution in [2.45, 2.75) is 19.8 Å². The molecule has 0 aliphatic carbocycles. The third-order valence-corrected chi connectivity index (χ3v) is 4.49. The molecule has 1 saturated heterocycles. The Morgan fingerprint density at radius 2 is 2.16 bits per heavy atom. The smallest absolute Gasteiger partial charge is 0.274 e. The van der Waals surface area contributed by atoms with Gasteiger partial charge in [-0.3, -0.25) is 4.79 Å². The quantitative estimate of drug-likeness (QED) is 0.899. The maximum atomic E-state index is 12.5. The fraction of sp³-hybridized carbons (Fsp3) is 0.389. The molecule has 7 heteroatoms. The standard InChI is InChI=1S/C18H21ClN4O2/c1-12-4-3-9-23(11-12)18(24)14-6-8-17(22-21-14)20-15-10-13(19)5-7-16(15)25-2/h5-8,10,12H,3-4,9,11H2,1-2H3,(H,20,22). The van der Waals surface area contributed by atoms with E-state index in [0.717, 1.165) is 19.5 Å². The van der Waals surface area contributed by atoms with Crippen molar-refractivity contribution < 1.29 is 9.53 Å². The van der Waals surface area contributed by atoms with Crippen LogP contribution < -0.4 is 10.1 Å². The molecule has 1 aromatic carbocycles. The van der Waals surface area contributed by atoms with Crippen molar-refractivity contribution in [3.63, 3.8) is 0 Å². The molecule has 1 amide bonds. The molecule has 1 N–H and O–H groups in total. The van der Waals surface area contributed by atoms with Gasteiger partial charge in [-0.15, -0.1) is 10.2 Å². The predicted octanol–water partition coefficient (Wildman–Crippen LogP) is 3.75. The van der Waals surface area contributed by atoms with Crippen LogP contribution in [0.1, 0.15) is 30.3 Å². The van der Waals surface area contributed by atoms with Gasteiger partial charge in [0.2, 0.25) is 0 Å². The Kier molecular flexibility index (Phi) is 5.38. The number of ether oxygens (including phenoxy) is 1. The number of carbonyl (C=O) groups is 1. The summed E-state index contributed by atoms with van der Waals surface area (Å²) in [7, 11) is 1.58. The number of piperidine rings is 1. The molecular formula is C18H21ClN4O2. The summed E-state index contributed by atoms with van der Waals surface area (Å²) in [5, 5.41) is 11.9. The summed E-state index contributed by atoms with van der Waals surface area (Å²) >= 11 is 6.02. The number of anilines is 2. The zero-order valence-electron chi connectivity index (χ0n) is 14.3. The van der Waals surface area contributed by atoms with Gasteiger partial charge in [0.15, 0.2) is 11.5 Å². The van der Waals surface area contributed by atoms with E-state index in [1.54, 1.807) is 37.4 Å². The average molecular weight is 361 g/mol. The van der Waals surface area contributed by atoms with Crippen LogP contribution in [0.25, 0.3) is 0 Å². The van der Waals surface area contributed by atoms with Crippen molar-refractivity contribution in [3.8, 4) is 5.75 Å². The monoisotopic (exact) mass is 360 g/mol. The normalized spacial score (nSPS) is 17.2. The minimum atomic E-state index is -0.0639. The second kappa shape index (κ2) is 7.70. The zero-order chi connectivity index (χ0) is 17.8. The van der Waals surface area contributed by atoms with E-state index < -0.39 is 0 Å². The van der Waals surface area contributed by atoms with Crippen LogP contribution >= 0.6 is 11.6 Å². The summed E-state index contributed by atoms with van der Waals surface area (Å²) in [6.45, 7) is 3.72. The molecule has 0 spiro atoms. The Hall–Kier alpha value is -2.34. The lowest BCUT2D eigenvalue weighted by Gasteiger charge is -2.30. The van der Waals surface area contributed by atoms with Crippen LogP contribution in [0.4, 0.5) is 11.5 Å². The van der Waals surface area contributed by atoms with Gasteiger partial charge >= 0.3 is 0 Å². The van der Waals surface area contributed by atoms with Gasteiger partial charge in [0.1, 0.15) is 5.75 Å². The molecule has 0 saturated carbocycles. The highest BCUT2D eigenvalue weighted by molar-refractivity contribution is 6.31. The number of amides is 1. The Morgan fingerprint density at radius 1 is 1.32 bits per heavy atom. The molecule has 1 aliphatic heterocycles. The van der Waals surface area contributed by atoms with E-state index in [1.807, 2.05) is 4.90 Å². The van der Waals surface area contributed by atoms with Crippen LogP contribution in [0, 0.1) is 5.92 Å². The average Bonchev–Trinajstić information content (AvgIpc) is 2.62. The minimum absolute atomic E-state index is 0.0639. The number of halogens is 1. The van der Waals surface area contributed by atoms with Gasteiger partial charge in [-0.1, -0.05) is 18.5 Å². The van der Waals surface area contributed by atoms with Gasteiger partial charge in [0.25, 0.3) is 5.91 Å². The fourth-order valence-corrected chi connectivity index (χ4v) is 3.14. The van der Waals surface area contributed by atoms with Crippen molar-refractivity contribution in [2.75, 3.05) is 25.5 Å². The van der Waals surface area contributed by atoms with E-state index in [1.165, 1.54) is 6.42 Å². The molecular weight excluding hydrogens is 340 g/mol. The van der Waals surface area contributed by atoms with E-state index in [4.69, 9.17) is 16.3 Å². The lowest BCUT2D eigenvalue weighted by Crippen LogP contribution is -2.39. The molecule has 25 heavy (non-hydrogen) atoms. The molecule has 1 aromatic heterocycles. The summed E-state index contributed by atoms with van der Waals surface area (Å²) in [6.07, 6.45) is 2.20. The Morgan fingerprint density at radius 3 is 2.84 bits per heavy atom. The van der Waals surface area contributed by atoms with E-state index in [9.17, 15) is 4.79 Å². The summed E-state index contributed by atoms with van der Waals surface area (Å²) < 4.78 is 5.29. The molecule has 1 atom stereocenters. The minimum Gasteiger partial charge on any atom is -0.495 e. The number of nitrogens with zero attached hydrogens (tertiary/aromatic N) is 3. The molecule has 0 radical (unpaired) electrons. The first-order chi connectivity index (χ1) is 12.1. The Bertz CT molecular complexity index is 751. The van der Waals surface area contributed by atoms with Gasteiger partial charge in [-0.2, -0.15) is 0 Å². The SMILES string of the molecule is COc1ccc(Cl)cc1Nc1ccc(C(=O)N2CCCC(C)C2)nn1. The summed E-state index contributed by atoms with van der Waals surface area (Å²) in [5.74, 6) is 1.63. The molecule has 2 heterocycles. The maximum Gasteiger partial charge on any atom is 0.274 e. The van der Waals surface area contributed by atoms with Crippen LogP contribution in [-0.2, 0) is 0 Å². The van der Waals surface area contributed by atoms with Gasteiger partial charge < -0.3 is 15.0 Å². The number of aromatic nitrogens is 2. The molecule has 1 fully saturated rings. The largest absolute Gasteiger partial charge is 0.495 e. The van der Waals surface area contributed by atoms with Crippen molar-refractivity contribution in [2.24, 2.45) is 5.92 Å². The number of likely N-dealkylation sites (tertiary alicyclic amines) is 1. The second-order valence-electron chi connectivity index (χ2n) is 6.27. The van der Waals surface area contributed by atoms with E-state index in [2.05, 4.69) is 22.4 Å². The molecule has 1 aliphatic rings. The van der Waals surface area contributed by atoms with Gasteiger partial charge in [0, 0.05) is 18.1 Å². The van der Waals surface area contributed by atoms with Crippen LogP contribution in [-0.4, -0.2) is 41.2 Å². The zero-order valence-corrected chi connectivity index (χ0v) is 15.1. The lowest BCUT2D eigenvalue weighted by atomic mass is 10.00. The summed E-state index contributed by atoms with van der Waals surface area (Å²) in [4.78, 5) is 14.4. The van der Waals surface area contributed by atoms with Crippen LogP contribution in [0.3, 0.4) is 0 Å². The number of hydrogen-bond acceptors (Lipinski definition) is 5. The number of benzene rings is 1. The van der Waals surface area contributed by atoms with Gasteiger partial charge in [-0.25, -0.2) is 0 Å². The number of methoxy groups -OCH3 is 1. The molecule has 132 valence electrons. The number of hydrogen-bond donors (Lipinski definition) is 1. The second-order valence-corrected chi connectivity index (χ2v) is 6.71. The van der Waals surface area contributed by atoms with E-state index >= 15 is 0 Å². The van der Waals surface area contributed by atoms with E-state index in [-0.39, 0.29) is 5.91 Å². The predicted molar refractivity (Wildman–Crippen MR) is 97.6 cm³/mol. The highest BCUT2D eigenvalue weighted by Gasteiger charge is 2.23. The highest BCUT2D eigenvalue weighted by Crippen LogP contribution is 2.29. The maximum absolute atomic E-state index is 12.5. The molecule has 6 nitrogen and oxygen atoms in total. The molecule has 1 unspecified atom stereocenters. The van der Waals surface area contributed by atoms with Crippen LogP contribution in [0.2, 0.25) is 5.02 Å². The first-order valence-electron chi connectivity index (χ1n) is 8.30. The number of rotatable bonds is 4. The molecule has 0 bridgehead atoms. The van der Waals surface area contributed by atoms with Crippen LogP contribution in [0.15, 0.2) is 30.3 Å². The van der Waals surface area contributed by atoms with Gasteiger partial charge in [-0.05, 0) is 49.1 Å². The first kappa shape index (κ1) is 17.5. The lowest BCUT2D eigenvalue weighted by molar-refractivity contribution is 0.0676. The fourth-order valence-electron chi connectivity index (χ4n) is 2.96.